The molecule has 0 bridgehead atoms. The maximum Gasteiger partial charge on any atom is 0.326 e. The van der Waals surface area contributed by atoms with E-state index in [2.05, 4.69) is 5.32 Å². The van der Waals surface area contributed by atoms with E-state index in [0.717, 1.165) is 6.42 Å². The monoisotopic (exact) mass is 256 g/mol. The number of amides is 2. The quantitative estimate of drug-likeness (QED) is 0.679. The van der Waals surface area contributed by atoms with Crippen molar-refractivity contribution in [1.82, 2.24) is 10.2 Å². The molecule has 1 unspecified atom stereocenters. The molecule has 0 aromatic heterocycles. The lowest BCUT2D eigenvalue weighted by Crippen LogP contribution is -2.46. The summed E-state index contributed by atoms with van der Waals surface area (Å²) in [4.78, 5) is 24.0. The molecule has 102 valence electrons. The van der Waals surface area contributed by atoms with Crippen molar-refractivity contribution >= 4 is 12.0 Å². The summed E-state index contributed by atoms with van der Waals surface area (Å²) >= 11 is 0. The van der Waals surface area contributed by atoms with Crippen molar-refractivity contribution in [3.05, 3.63) is 0 Å². The van der Waals surface area contributed by atoms with Crippen LogP contribution in [0.3, 0.4) is 0 Å². The molecule has 1 saturated heterocycles. The standard InChI is InChI=1S/C12H20N2O4/c15-9-6-10(11(16)17)14(7-9)12(18)13-5-4-8-2-1-3-8/h8-10,15H,1-7H2,(H,13,18)(H,16,17)/t9?,10-/m0/s1. The van der Waals surface area contributed by atoms with Crippen molar-refractivity contribution in [2.24, 2.45) is 5.92 Å². The van der Waals surface area contributed by atoms with Crippen LogP contribution in [0.4, 0.5) is 4.79 Å². The zero-order valence-electron chi connectivity index (χ0n) is 10.3. The van der Waals surface area contributed by atoms with Crippen LogP contribution in [0.5, 0.6) is 0 Å². The van der Waals surface area contributed by atoms with Crippen molar-refractivity contribution in [1.29, 1.82) is 0 Å². The first-order valence-electron chi connectivity index (χ1n) is 6.53. The van der Waals surface area contributed by atoms with Crippen LogP contribution >= 0.6 is 0 Å². The molecule has 2 rings (SSSR count). The summed E-state index contributed by atoms with van der Waals surface area (Å²) in [5.74, 6) is -0.342. The lowest BCUT2D eigenvalue weighted by molar-refractivity contribution is -0.141. The average Bonchev–Trinajstić information content (AvgIpc) is 2.64. The summed E-state index contributed by atoms with van der Waals surface area (Å²) in [5, 5.41) is 21.2. The van der Waals surface area contributed by atoms with Gasteiger partial charge in [0.1, 0.15) is 6.04 Å². The van der Waals surface area contributed by atoms with Gasteiger partial charge in [-0.15, -0.1) is 0 Å². The number of rotatable bonds is 4. The van der Waals surface area contributed by atoms with E-state index in [4.69, 9.17) is 5.11 Å². The van der Waals surface area contributed by atoms with Crippen LogP contribution in [-0.4, -0.2) is 52.3 Å². The number of nitrogens with zero attached hydrogens (tertiary/aromatic N) is 1. The van der Waals surface area contributed by atoms with E-state index >= 15 is 0 Å². The van der Waals surface area contributed by atoms with Gasteiger partial charge in [-0.1, -0.05) is 19.3 Å². The molecule has 6 nitrogen and oxygen atoms in total. The van der Waals surface area contributed by atoms with Gasteiger partial charge in [-0.05, 0) is 12.3 Å². The summed E-state index contributed by atoms with van der Waals surface area (Å²) in [5.41, 5.74) is 0. The molecule has 1 heterocycles. The number of carbonyl (C=O) groups excluding carboxylic acids is 1. The number of hydrogen-bond donors (Lipinski definition) is 3. The van der Waals surface area contributed by atoms with Crippen LogP contribution < -0.4 is 5.32 Å². The van der Waals surface area contributed by atoms with Gasteiger partial charge in [0, 0.05) is 19.5 Å². The highest BCUT2D eigenvalue weighted by molar-refractivity contribution is 5.83. The summed E-state index contributed by atoms with van der Waals surface area (Å²) < 4.78 is 0. The molecule has 1 aliphatic carbocycles. The smallest absolute Gasteiger partial charge is 0.326 e. The van der Waals surface area contributed by atoms with Gasteiger partial charge in [0.05, 0.1) is 6.10 Å². The number of likely N-dealkylation sites (tertiary alicyclic amines) is 1. The lowest BCUT2D eigenvalue weighted by Gasteiger charge is -2.26. The Kier molecular flexibility index (Phi) is 4.06. The number of carboxylic acid groups (broad SMARTS) is 1. The fourth-order valence-electron chi connectivity index (χ4n) is 2.54. The van der Waals surface area contributed by atoms with Crippen molar-refractivity contribution in [2.45, 2.75) is 44.2 Å². The lowest BCUT2D eigenvalue weighted by atomic mass is 9.83. The second kappa shape index (κ2) is 5.56. The first-order chi connectivity index (χ1) is 8.58. The van der Waals surface area contributed by atoms with E-state index in [-0.39, 0.29) is 19.0 Å². The third-order valence-electron chi connectivity index (χ3n) is 3.88. The summed E-state index contributed by atoms with van der Waals surface area (Å²) in [6, 6.07) is -1.28. The van der Waals surface area contributed by atoms with E-state index in [9.17, 15) is 14.7 Å². The Labute approximate surface area is 106 Å². The van der Waals surface area contributed by atoms with Crippen LogP contribution in [0.15, 0.2) is 0 Å². The maximum absolute atomic E-state index is 11.8. The molecular formula is C12H20N2O4. The second-order valence-corrected chi connectivity index (χ2v) is 5.21. The fourth-order valence-corrected chi connectivity index (χ4v) is 2.54. The third kappa shape index (κ3) is 2.93. The van der Waals surface area contributed by atoms with Gasteiger partial charge in [0.15, 0.2) is 0 Å². The largest absolute Gasteiger partial charge is 0.480 e. The van der Waals surface area contributed by atoms with Crippen molar-refractivity contribution in [3.8, 4) is 0 Å². The predicted molar refractivity (Wildman–Crippen MR) is 64.1 cm³/mol. The minimum Gasteiger partial charge on any atom is -0.480 e. The molecule has 2 aliphatic rings. The van der Waals surface area contributed by atoms with Crippen LogP contribution in [0.25, 0.3) is 0 Å². The molecule has 0 spiro atoms. The summed E-state index contributed by atoms with van der Waals surface area (Å²) in [6.45, 7) is 0.689. The highest BCUT2D eigenvalue weighted by Gasteiger charge is 2.38. The van der Waals surface area contributed by atoms with Crippen LogP contribution in [-0.2, 0) is 4.79 Å². The number of aliphatic hydroxyl groups excluding tert-OH is 1. The Morgan fingerprint density at radius 2 is 2.06 bits per heavy atom. The van der Waals surface area contributed by atoms with Crippen LogP contribution in [0.1, 0.15) is 32.1 Å². The van der Waals surface area contributed by atoms with Gasteiger partial charge < -0.3 is 20.4 Å². The number of nitrogens with one attached hydrogen (secondary N) is 1. The van der Waals surface area contributed by atoms with Crippen LogP contribution in [0.2, 0.25) is 0 Å². The van der Waals surface area contributed by atoms with Gasteiger partial charge in [-0.2, -0.15) is 0 Å². The number of aliphatic hydroxyl groups is 1. The van der Waals surface area contributed by atoms with Gasteiger partial charge in [0.25, 0.3) is 0 Å². The van der Waals surface area contributed by atoms with E-state index in [0.29, 0.717) is 12.5 Å². The number of hydrogen-bond acceptors (Lipinski definition) is 3. The molecule has 2 atom stereocenters. The second-order valence-electron chi connectivity index (χ2n) is 5.21. The fraction of sp³-hybridized carbons (Fsp3) is 0.833. The highest BCUT2D eigenvalue weighted by atomic mass is 16.4. The normalized spacial score (nSPS) is 27.9. The number of urea groups is 1. The van der Waals surface area contributed by atoms with Crippen molar-refractivity contribution < 1.29 is 19.8 Å². The molecule has 0 aromatic rings. The molecule has 2 amide bonds. The Bertz CT molecular complexity index is 330. The van der Waals surface area contributed by atoms with Crippen LogP contribution in [0, 0.1) is 5.92 Å². The van der Waals surface area contributed by atoms with E-state index < -0.39 is 18.1 Å². The Balaban J connectivity index is 1.77. The molecule has 3 N–H and O–H groups in total. The molecule has 1 aliphatic heterocycles. The van der Waals surface area contributed by atoms with E-state index in [1.54, 1.807) is 0 Å². The maximum atomic E-state index is 11.8. The number of carboxylic acids is 1. The average molecular weight is 256 g/mol. The Hall–Kier alpha value is -1.30. The number of β-amino-alcohol motifs (C(OH)–C–C–N with tert-alkyl or cyclic N) is 1. The molecule has 6 heteroatoms. The Morgan fingerprint density at radius 3 is 2.61 bits per heavy atom. The SMILES string of the molecule is O=C(O)[C@@H]1CC(O)CN1C(=O)NCCC1CCC1. The van der Waals surface area contributed by atoms with Gasteiger partial charge in [0.2, 0.25) is 0 Å². The summed E-state index contributed by atoms with van der Waals surface area (Å²) in [6.07, 6.45) is 4.08. The van der Waals surface area contributed by atoms with E-state index in [1.165, 1.54) is 24.2 Å². The molecule has 0 radical (unpaired) electrons. The van der Waals surface area contributed by atoms with Gasteiger partial charge >= 0.3 is 12.0 Å². The third-order valence-corrected chi connectivity index (χ3v) is 3.88. The number of carbonyl (C=O) groups is 2. The predicted octanol–water partition coefficient (Wildman–Crippen LogP) is 0.406. The summed E-state index contributed by atoms with van der Waals surface area (Å²) in [7, 11) is 0. The van der Waals surface area contributed by atoms with Crippen molar-refractivity contribution in [2.75, 3.05) is 13.1 Å². The topological polar surface area (TPSA) is 89.9 Å². The minimum absolute atomic E-state index is 0.103. The van der Waals surface area contributed by atoms with Gasteiger partial charge in [-0.25, -0.2) is 9.59 Å². The number of aliphatic carboxylic acids is 1. The molecule has 0 aromatic carbocycles. The first-order valence-corrected chi connectivity index (χ1v) is 6.53. The minimum atomic E-state index is -1.05. The van der Waals surface area contributed by atoms with Gasteiger partial charge in [-0.3, -0.25) is 0 Å². The zero-order valence-corrected chi connectivity index (χ0v) is 10.3. The molecule has 2 fully saturated rings. The first kappa shape index (κ1) is 13.1. The van der Waals surface area contributed by atoms with E-state index in [1.807, 2.05) is 0 Å². The molecular weight excluding hydrogens is 236 g/mol. The Morgan fingerprint density at radius 1 is 1.33 bits per heavy atom. The molecule has 18 heavy (non-hydrogen) atoms. The highest BCUT2D eigenvalue weighted by Crippen LogP contribution is 2.28. The zero-order chi connectivity index (χ0) is 13.1. The van der Waals surface area contributed by atoms with Crippen molar-refractivity contribution in [3.63, 3.8) is 0 Å². The molecule has 1 saturated carbocycles.